The normalized spacial score (nSPS) is 10.5. The van der Waals surface area contributed by atoms with Crippen LogP contribution < -0.4 is 5.73 Å². The van der Waals surface area contributed by atoms with Crippen LogP contribution in [0.4, 0.5) is 5.69 Å². The lowest BCUT2D eigenvalue weighted by Crippen LogP contribution is -1.99. The van der Waals surface area contributed by atoms with E-state index in [9.17, 15) is 0 Å². The zero-order valence-electron chi connectivity index (χ0n) is 8.85. The number of benzene rings is 1. The van der Waals surface area contributed by atoms with Gasteiger partial charge in [-0.2, -0.15) is 0 Å². The molecule has 1 heterocycles. The molecule has 1 aromatic carbocycles. The van der Waals surface area contributed by atoms with Gasteiger partial charge < -0.3 is 10.3 Å². The van der Waals surface area contributed by atoms with E-state index in [1.165, 1.54) is 5.69 Å². The Morgan fingerprint density at radius 1 is 1.40 bits per heavy atom. The zero-order valence-corrected chi connectivity index (χ0v) is 8.85. The highest BCUT2D eigenvalue weighted by Gasteiger charge is 2.02. The van der Waals surface area contributed by atoms with E-state index in [1.54, 1.807) is 0 Å². The SMILES string of the molecule is CCCc1cncn1-c1cccc(N)c1. The van der Waals surface area contributed by atoms with Crippen molar-refractivity contribution in [3.8, 4) is 5.69 Å². The van der Waals surface area contributed by atoms with Gasteiger partial charge in [0.15, 0.2) is 0 Å². The first-order valence-electron chi connectivity index (χ1n) is 5.18. The Balaban J connectivity index is 2.40. The van der Waals surface area contributed by atoms with Crippen LogP contribution in [0.2, 0.25) is 0 Å². The van der Waals surface area contributed by atoms with Crippen LogP contribution in [0.5, 0.6) is 0 Å². The van der Waals surface area contributed by atoms with Crippen LogP contribution in [0.15, 0.2) is 36.8 Å². The van der Waals surface area contributed by atoms with Crippen LogP contribution in [-0.4, -0.2) is 9.55 Å². The summed E-state index contributed by atoms with van der Waals surface area (Å²) in [4.78, 5) is 4.17. The number of imidazole rings is 1. The second-order valence-corrected chi connectivity index (χ2v) is 3.60. The third-order valence-corrected chi connectivity index (χ3v) is 2.37. The summed E-state index contributed by atoms with van der Waals surface area (Å²) in [5, 5.41) is 0. The van der Waals surface area contributed by atoms with Crippen LogP contribution in [0.1, 0.15) is 19.0 Å². The molecule has 2 rings (SSSR count). The molecule has 0 amide bonds. The van der Waals surface area contributed by atoms with Crippen molar-refractivity contribution < 1.29 is 0 Å². The van der Waals surface area contributed by atoms with E-state index in [1.807, 2.05) is 36.8 Å². The van der Waals surface area contributed by atoms with E-state index in [4.69, 9.17) is 5.73 Å². The standard InChI is InChI=1S/C12H15N3/c1-2-4-12-8-14-9-15(12)11-6-3-5-10(13)7-11/h3,5-9H,2,4,13H2,1H3. The molecule has 0 radical (unpaired) electrons. The van der Waals surface area contributed by atoms with E-state index in [-0.39, 0.29) is 0 Å². The van der Waals surface area contributed by atoms with Crippen LogP contribution in [-0.2, 0) is 6.42 Å². The summed E-state index contributed by atoms with van der Waals surface area (Å²) in [6.07, 6.45) is 5.90. The number of hydrogen-bond donors (Lipinski definition) is 1. The second kappa shape index (κ2) is 4.17. The van der Waals surface area contributed by atoms with Crippen molar-refractivity contribution in [3.63, 3.8) is 0 Å². The molecule has 0 aliphatic heterocycles. The molecule has 0 atom stereocenters. The quantitative estimate of drug-likeness (QED) is 0.775. The van der Waals surface area contributed by atoms with E-state index < -0.39 is 0 Å². The van der Waals surface area contributed by atoms with Gasteiger partial charge in [-0.25, -0.2) is 4.98 Å². The fourth-order valence-electron chi connectivity index (χ4n) is 1.67. The maximum absolute atomic E-state index is 5.75. The minimum Gasteiger partial charge on any atom is -0.399 e. The summed E-state index contributed by atoms with van der Waals surface area (Å²) in [5.74, 6) is 0. The van der Waals surface area contributed by atoms with Crippen molar-refractivity contribution in [2.45, 2.75) is 19.8 Å². The summed E-state index contributed by atoms with van der Waals surface area (Å²) in [6.45, 7) is 2.16. The van der Waals surface area contributed by atoms with Crippen molar-refractivity contribution in [1.82, 2.24) is 9.55 Å². The van der Waals surface area contributed by atoms with E-state index in [2.05, 4.69) is 16.5 Å². The largest absolute Gasteiger partial charge is 0.399 e. The molecule has 0 saturated carbocycles. The zero-order chi connectivity index (χ0) is 10.7. The number of aromatic nitrogens is 2. The topological polar surface area (TPSA) is 43.8 Å². The average molecular weight is 201 g/mol. The molecular weight excluding hydrogens is 186 g/mol. The van der Waals surface area contributed by atoms with Crippen LogP contribution in [0, 0.1) is 0 Å². The van der Waals surface area contributed by atoms with Crippen LogP contribution in [0.3, 0.4) is 0 Å². The number of hydrogen-bond acceptors (Lipinski definition) is 2. The molecule has 0 fully saturated rings. The average Bonchev–Trinajstić information content (AvgIpc) is 2.66. The molecule has 0 saturated heterocycles. The molecule has 0 spiro atoms. The predicted octanol–water partition coefficient (Wildman–Crippen LogP) is 2.41. The lowest BCUT2D eigenvalue weighted by molar-refractivity contribution is 0.843. The smallest absolute Gasteiger partial charge is 0.0994 e. The molecule has 0 bridgehead atoms. The summed E-state index contributed by atoms with van der Waals surface area (Å²) >= 11 is 0. The summed E-state index contributed by atoms with van der Waals surface area (Å²) < 4.78 is 2.08. The monoisotopic (exact) mass is 201 g/mol. The lowest BCUT2D eigenvalue weighted by atomic mass is 10.2. The Kier molecular flexibility index (Phi) is 2.72. The first-order chi connectivity index (χ1) is 7.31. The first kappa shape index (κ1) is 9.77. The highest BCUT2D eigenvalue weighted by Crippen LogP contribution is 2.15. The highest BCUT2D eigenvalue weighted by molar-refractivity contribution is 5.48. The molecule has 0 aliphatic carbocycles. The van der Waals surface area contributed by atoms with E-state index >= 15 is 0 Å². The Hall–Kier alpha value is -1.77. The van der Waals surface area contributed by atoms with Gasteiger partial charge in [0.2, 0.25) is 0 Å². The molecule has 0 aliphatic rings. The molecule has 0 unspecified atom stereocenters. The summed E-state index contributed by atoms with van der Waals surface area (Å²) in [7, 11) is 0. The van der Waals surface area contributed by atoms with E-state index in [0.717, 1.165) is 24.2 Å². The fraction of sp³-hybridized carbons (Fsp3) is 0.250. The summed E-state index contributed by atoms with van der Waals surface area (Å²) in [6, 6.07) is 7.85. The number of nitrogen functional groups attached to an aromatic ring is 1. The van der Waals surface area contributed by atoms with Crippen molar-refractivity contribution in [3.05, 3.63) is 42.5 Å². The Morgan fingerprint density at radius 3 is 3.00 bits per heavy atom. The van der Waals surface area contributed by atoms with Gasteiger partial charge in [-0.15, -0.1) is 0 Å². The van der Waals surface area contributed by atoms with Crippen molar-refractivity contribution >= 4 is 5.69 Å². The molecular formula is C12H15N3. The van der Waals surface area contributed by atoms with Gasteiger partial charge in [-0.1, -0.05) is 19.4 Å². The maximum atomic E-state index is 5.75. The molecule has 3 nitrogen and oxygen atoms in total. The van der Waals surface area contributed by atoms with Gasteiger partial charge in [0.1, 0.15) is 0 Å². The first-order valence-corrected chi connectivity index (χ1v) is 5.18. The Bertz CT molecular complexity index is 446. The minimum absolute atomic E-state index is 0.781. The van der Waals surface area contributed by atoms with Gasteiger partial charge in [-0.3, -0.25) is 0 Å². The predicted molar refractivity (Wildman–Crippen MR) is 62.0 cm³/mol. The summed E-state index contributed by atoms with van der Waals surface area (Å²) in [5.41, 5.74) is 8.84. The molecule has 15 heavy (non-hydrogen) atoms. The maximum Gasteiger partial charge on any atom is 0.0994 e. The number of rotatable bonds is 3. The fourth-order valence-corrected chi connectivity index (χ4v) is 1.67. The Morgan fingerprint density at radius 2 is 2.27 bits per heavy atom. The third kappa shape index (κ3) is 2.01. The van der Waals surface area contributed by atoms with Crippen molar-refractivity contribution in [1.29, 1.82) is 0 Å². The number of nitrogens with two attached hydrogens (primary N) is 1. The third-order valence-electron chi connectivity index (χ3n) is 2.37. The molecule has 2 N–H and O–H groups in total. The highest BCUT2D eigenvalue weighted by atomic mass is 15.0. The molecule has 3 heteroatoms. The van der Waals surface area contributed by atoms with Gasteiger partial charge in [-0.05, 0) is 24.6 Å². The van der Waals surface area contributed by atoms with Gasteiger partial charge in [0.25, 0.3) is 0 Å². The van der Waals surface area contributed by atoms with Crippen molar-refractivity contribution in [2.75, 3.05) is 5.73 Å². The second-order valence-electron chi connectivity index (χ2n) is 3.60. The lowest BCUT2D eigenvalue weighted by Gasteiger charge is -2.07. The van der Waals surface area contributed by atoms with Gasteiger partial charge in [0, 0.05) is 23.3 Å². The van der Waals surface area contributed by atoms with Gasteiger partial charge in [0.05, 0.1) is 6.33 Å². The molecule has 78 valence electrons. The minimum atomic E-state index is 0.781. The van der Waals surface area contributed by atoms with Crippen LogP contribution >= 0.6 is 0 Å². The van der Waals surface area contributed by atoms with Crippen LogP contribution in [0.25, 0.3) is 5.69 Å². The molecule has 2 aromatic rings. The molecule has 1 aromatic heterocycles. The number of aryl methyl sites for hydroxylation is 1. The number of anilines is 1. The van der Waals surface area contributed by atoms with E-state index in [0.29, 0.717) is 0 Å². The van der Waals surface area contributed by atoms with Crippen molar-refractivity contribution in [2.24, 2.45) is 0 Å². The Labute approximate surface area is 89.6 Å². The number of nitrogens with zero attached hydrogens (tertiary/aromatic N) is 2. The van der Waals surface area contributed by atoms with Gasteiger partial charge >= 0.3 is 0 Å².